The van der Waals surface area contributed by atoms with Crippen molar-refractivity contribution in [3.05, 3.63) is 0 Å². The van der Waals surface area contributed by atoms with Crippen LogP contribution in [0, 0.1) is 93.2 Å². The van der Waals surface area contributed by atoms with Crippen molar-refractivity contribution in [1.82, 2.24) is 59.6 Å². The first kappa shape index (κ1) is 112. The van der Waals surface area contributed by atoms with E-state index in [2.05, 4.69) is 316 Å². The van der Waals surface area contributed by atoms with Gasteiger partial charge in [-0.1, -0.05) is 125 Å². The summed E-state index contributed by atoms with van der Waals surface area (Å²) in [4.78, 5) is 26.1. The van der Waals surface area contributed by atoms with Gasteiger partial charge in [0.05, 0.1) is 0 Å². The fourth-order valence-corrected chi connectivity index (χ4v) is 20.7. The van der Waals surface area contributed by atoms with Crippen molar-refractivity contribution in [3.63, 3.8) is 0 Å². The van der Waals surface area contributed by atoms with E-state index in [9.17, 15) is 0 Å². The van der Waals surface area contributed by atoms with Crippen LogP contribution in [0.15, 0.2) is 0 Å². The Bertz CT molecular complexity index is 2290. The molecule has 0 bridgehead atoms. The van der Waals surface area contributed by atoms with E-state index in [0.29, 0.717) is 29.0 Å². The summed E-state index contributed by atoms with van der Waals surface area (Å²) in [5.74, 6) is 12.2. The molecule has 116 heavy (non-hydrogen) atoms. The minimum absolute atomic E-state index is 0. The molecule has 3 unspecified atom stereocenters. The molecule has 12 heteroatoms. The lowest BCUT2D eigenvalue weighted by Gasteiger charge is -2.61. The third-order valence-electron chi connectivity index (χ3n) is 30.7. The molecule has 0 aromatic carbocycles. The van der Waals surface area contributed by atoms with E-state index < -0.39 is 0 Å². The van der Waals surface area contributed by atoms with Crippen molar-refractivity contribution in [2.45, 2.75) is 438 Å². The van der Waals surface area contributed by atoms with Crippen LogP contribution in [0.2, 0.25) is 0 Å². The highest BCUT2D eigenvalue weighted by Gasteiger charge is 2.53. The summed E-state index contributed by atoms with van der Waals surface area (Å²) in [5, 5.41) is 6.84. The molecule has 12 rings (SSSR count). The Hall–Kier alpha value is -0.480. The van der Waals surface area contributed by atoms with Gasteiger partial charge in [-0.25, -0.2) is 0 Å². The van der Waals surface area contributed by atoms with Crippen molar-refractivity contribution >= 4 is 0 Å². The number of piperidine rings is 3. The van der Waals surface area contributed by atoms with Crippen molar-refractivity contribution in [2.24, 2.45) is 93.2 Å². The Morgan fingerprint density at radius 3 is 0.931 bits per heavy atom. The van der Waals surface area contributed by atoms with Gasteiger partial charge in [-0.05, 0) is 408 Å². The Kier molecular flexibility index (Phi) is 53.7. The van der Waals surface area contributed by atoms with Crippen LogP contribution in [0.1, 0.15) is 366 Å². The minimum Gasteiger partial charge on any atom is -0.317 e. The van der Waals surface area contributed by atoms with Crippen LogP contribution in [-0.4, -0.2) is 266 Å². The van der Waals surface area contributed by atoms with Crippen molar-refractivity contribution in [3.8, 4) is 0 Å². The van der Waals surface area contributed by atoms with E-state index >= 15 is 0 Å². The molecule has 0 radical (unpaired) electrons. The maximum atomic E-state index is 3.49. The zero-order valence-electron chi connectivity index (χ0n) is 85.3. The summed E-state index contributed by atoms with van der Waals surface area (Å²) in [5.41, 5.74) is 2.13. The van der Waals surface area contributed by atoms with Crippen LogP contribution in [0.5, 0.6) is 0 Å². The van der Waals surface area contributed by atoms with E-state index in [1.54, 1.807) is 0 Å². The molecule has 3 saturated carbocycles. The van der Waals surface area contributed by atoms with E-state index in [1.165, 1.54) is 247 Å². The second kappa shape index (κ2) is 55.9. The van der Waals surface area contributed by atoms with Gasteiger partial charge in [0.15, 0.2) is 0 Å². The number of hydrogen-bond acceptors (Lipinski definition) is 12. The highest BCUT2D eigenvalue weighted by atomic mass is 15.3. The highest BCUT2D eigenvalue weighted by molar-refractivity contribution is 5.06. The fraction of sp³-hybridized carbons (Fsp3) is 1.00. The Balaban J connectivity index is 0.000000441. The molecule has 2 N–H and O–H groups in total. The Morgan fingerprint density at radius 1 is 0.284 bits per heavy atom. The molecule has 9 heterocycles. The van der Waals surface area contributed by atoms with Gasteiger partial charge in [-0.2, -0.15) is 0 Å². The van der Waals surface area contributed by atoms with Crippen LogP contribution in [0.3, 0.4) is 0 Å². The number of hydrogen-bond donors (Lipinski definition) is 2. The molecule has 3 spiro atoms. The van der Waals surface area contributed by atoms with Gasteiger partial charge in [0.2, 0.25) is 0 Å². The molecular formula is C104H218N12. The summed E-state index contributed by atoms with van der Waals surface area (Å²) in [7, 11) is 2.08. The highest BCUT2D eigenvalue weighted by Crippen LogP contribution is 2.55. The molecule has 6 atom stereocenters. The number of rotatable bonds is 20. The van der Waals surface area contributed by atoms with E-state index in [4.69, 9.17) is 0 Å². The van der Waals surface area contributed by atoms with Gasteiger partial charge in [0.25, 0.3) is 0 Å². The Morgan fingerprint density at radius 2 is 0.603 bits per heavy atom. The van der Waals surface area contributed by atoms with Crippen LogP contribution in [0.4, 0.5) is 0 Å². The second-order valence-corrected chi connectivity index (χ2v) is 45.6. The smallest absolute Gasteiger partial charge is 0.0112 e. The minimum atomic E-state index is 0. The maximum absolute atomic E-state index is 3.49. The lowest BCUT2D eigenvalue weighted by atomic mass is 9.55. The monoisotopic (exact) mass is 1640 g/mol. The first-order valence-electron chi connectivity index (χ1n) is 50.6. The SMILES string of the molecule is C.CC(C)C1CC2(C1)CN(C(C)C)C2.CC(C)C1CCN(C(C)C)C1.CC(C)C1CCN(C(C)C)CC1.CC(C)N1CCC2(C1)CN(C(C)C)C2.CC(C)N1CCC2(CC1)CCN(C(C)C)C2.CC(C)N1CCCN(C(C)C)CC1.CC(C)NCC1CC1C(C)C.CC(C)[C@@H]1CCCN(C(C)C)C1.CCC.CN[C@@H]1CC[C@H](C(C)C)C1. The normalized spacial score (nSPS) is 26.4. The van der Waals surface area contributed by atoms with Crippen molar-refractivity contribution < 1.29 is 0 Å². The molecule has 12 aliphatic rings. The molecule has 12 fully saturated rings. The van der Waals surface area contributed by atoms with E-state index in [1.807, 2.05) is 0 Å². The van der Waals surface area contributed by atoms with Gasteiger partial charge in [-0.15, -0.1) is 0 Å². The lowest BCUT2D eigenvalue weighted by molar-refractivity contribution is -0.117. The largest absolute Gasteiger partial charge is 0.317 e. The number of nitrogens with zero attached hydrogens (tertiary/aromatic N) is 10. The average molecular weight is 1640 g/mol. The van der Waals surface area contributed by atoms with Gasteiger partial charge < -0.3 is 40.0 Å². The predicted molar refractivity (Wildman–Crippen MR) is 520 cm³/mol. The summed E-state index contributed by atoms with van der Waals surface area (Å²) in [6.45, 7) is 111. The topological polar surface area (TPSA) is 56.5 Å². The summed E-state index contributed by atoms with van der Waals surface area (Å²) in [6.07, 6.45) is 24.1. The molecule has 9 saturated heterocycles. The average Bonchev–Trinajstić information content (AvgIpc) is 1.15. The summed E-state index contributed by atoms with van der Waals surface area (Å²) < 4.78 is 0. The maximum Gasteiger partial charge on any atom is 0.0112 e. The molecule has 0 amide bonds. The fourth-order valence-electron chi connectivity index (χ4n) is 20.7. The first-order chi connectivity index (χ1) is 53.8. The molecule has 12 nitrogen and oxygen atoms in total. The van der Waals surface area contributed by atoms with Gasteiger partial charge >= 0.3 is 0 Å². The molecular weight excluding hydrogens is 1420 g/mol. The number of likely N-dealkylation sites (tertiary alicyclic amines) is 8. The second-order valence-electron chi connectivity index (χ2n) is 45.6. The van der Waals surface area contributed by atoms with Crippen LogP contribution >= 0.6 is 0 Å². The van der Waals surface area contributed by atoms with Crippen molar-refractivity contribution in [1.29, 1.82) is 0 Å². The van der Waals surface area contributed by atoms with Gasteiger partial charge in [-0.3, -0.25) is 19.6 Å². The third-order valence-corrected chi connectivity index (χ3v) is 30.7. The summed E-state index contributed by atoms with van der Waals surface area (Å²) in [6, 6.07) is 8.86. The standard InChI is InChI=1S/C14H28N2.C12H24N2.C12H23N.C11H24N2.2C11H23N.2C10H21N.C9H19N.C3H8.CH4/c1-12(2)15-8-5-14(6-9-15)7-10-16(11-14)13(3)4;1-10(2)13-6-5-12(7-13)8-14(9-12)11(3)4;1-9(2)11-5-12(6-11)7-13(8-12)10(3)4;1-10(2)12-6-5-7-13(9-8-12)11(3)4;1-9(2)11-5-7-12(8-6-11)10(3)4;1-9(2)11-6-5-7-12(8-11)10(3)4;1-7(2)10-5-9(10)6-11-8(3)4;1-8(2)10-5-6-11(7-10)9(3)4;1-7(2)8-4-5-9(6-8)10-3;1-3-2;/h12-13H,5-11H2,1-4H3;10-11H,5-9H2,1-4H3;9-11H,5-8H2,1-4H3;10-11H,5-9H2,1-4H3;2*9-11H,5-8H2,1-4H3;7-11H,5-6H2,1-4H3;8-10H,5-7H2,1-4H3;7-10H,4-6H2,1-3H3;3H2,1-2H3;1H4/t;;;;;11-;;;8-,9+;;/m.....1..0../s1. The molecule has 694 valence electrons. The zero-order chi connectivity index (χ0) is 87.0. The summed E-state index contributed by atoms with van der Waals surface area (Å²) >= 11 is 0. The first-order valence-corrected chi connectivity index (χ1v) is 50.6. The van der Waals surface area contributed by atoms with Crippen LogP contribution in [0.25, 0.3) is 0 Å². The third kappa shape index (κ3) is 40.0. The molecule has 3 aliphatic carbocycles. The zero-order valence-corrected chi connectivity index (χ0v) is 85.3. The predicted octanol–water partition coefficient (Wildman–Crippen LogP) is 23.2. The molecule has 0 aromatic rings. The van der Waals surface area contributed by atoms with Crippen LogP contribution in [-0.2, 0) is 0 Å². The number of nitrogens with one attached hydrogen (secondary N) is 2. The molecule has 0 aromatic heterocycles. The Labute approximate surface area is 731 Å². The van der Waals surface area contributed by atoms with E-state index in [-0.39, 0.29) is 7.43 Å². The quantitative estimate of drug-likeness (QED) is 0.122. The van der Waals surface area contributed by atoms with E-state index in [0.717, 1.165) is 137 Å². The van der Waals surface area contributed by atoms with Gasteiger partial charge in [0, 0.05) is 143 Å². The van der Waals surface area contributed by atoms with Crippen LogP contribution < -0.4 is 10.6 Å². The lowest BCUT2D eigenvalue weighted by Crippen LogP contribution is -2.64. The molecule has 9 aliphatic heterocycles. The van der Waals surface area contributed by atoms with Crippen molar-refractivity contribution in [2.75, 3.05) is 144 Å². The van der Waals surface area contributed by atoms with Gasteiger partial charge in [0.1, 0.15) is 0 Å².